The third kappa shape index (κ3) is 5.82. The van der Waals surface area contributed by atoms with E-state index in [-0.39, 0.29) is 30.5 Å². The van der Waals surface area contributed by atoms with E-state index in [0.29, 0.717) is 12.2 Å². The maximum absolute atomic E-state index is 13.4. The fourth-order valence-electron chi connectivity index (χ4n) is 4.47. The molecule has 1 heterocycles. The summed E-state index contributed by atoms with van der Waals surface area (Å²) in [5, 5.41) is 2.96. The summed E-state index contributed by atoms with van der Waals surface area (Å²) in [4.78, 5) is 28.3. The normalized spacial score (nSPS) is 17.7. The van der Waals surface area contributed by atoms with Crippen molar-refractivity contribution in [3.8, 4) is 11.5 Å². The van der Waals surface area contributed by atoms with E-state index in [1.54, 1.807) is 24.1 Å². The predicted octanol–water partition coefficient (Wildman–Crippen LogP) is 5.41. The van der Waals surface area contributed by atoms with Crippen LogP contribution in [0.25, 0.3) is 0 Å². The van der Waals surface area contributed by atoms with Crippen LogP contribution >= 0.6 is 0 Å². The highest BCUT2D eigenvalue weighted by molar-refractivity contribution is 5.97. The zero-order valence-corrected chi connectivity index (χ0v) is 20.1. The number of carbonyl (C=O) groups is 2. The lowest BCUT2D eigenvalue weighted by Gasteiger charge is -2.41. The molecule has 1 aliphatic heterocycles. The van der Waals surface area contributed by atoms with E-state index in [1.165, 1.54) is 12.1 Å². The molecule has 2 atom stereocenters. The number of alkyl halides is 2. The van der Waals surface area contributed by atoms with Crippen molar-refractivity contribution in [3.63, 3.8) is 0 Å². The first-order valence-corrected chi connectivity index (χ1v) is 11.7. The number of methoxy groups -OCH3 is 1. The molecule has 3 aromatic carbocycles. The van der Waals surface area contributed by atoms with Crippen LogP contribution in [0.4, 0.5) is 14.5 Å². The highest BCUT2D eigenvalue weighted by Crippen LogP contribution is 2.40. The molecule has 8 heteroatoms. The van der Waals surface area contributed by atoms with Crippen LogP contribution in [0.5, 0.6) is 11.5 Å². The summed E-state index contributed by atoms with van der Waals surface area (Å²) in [6.07, 6.45) is 0.656. The van der Waals surface area contributed by atoms with Gasteiger partial charge in [0.1, 0.15) is 11.5 Å². The Kier molecular flexibility index (Phi) is 7.83. The van der Waals surface area contributed by atoms with Gasteiger partial charge in [-0.05, 0) is 60.9 Å². The Hall–Kier alpha value is -3.94. The second-order valence-corrected chi connectivity index (χ2v) is 8.70. The molecule has 1 N–H and O–H groups in total. The summed E-state index contributed by atoms with van der Waals surface area (Å²) in [5.74, 6) is 0.0211. The maximum atomic E-state index is 13.4. The fourth-order valence-corrected chi connectivity index (χ4v) is 4.47. The molecule has 1 aliphatic rings. The molecule has 4 rings (SSSR count). The molecule has 6 nitrogen and oxygen atoms in total. The van der Waals surface area contributed by atoms with Crippen molar-refractivity contribution < 1.29 is 27.8 Å². The van der Waals surface area contributed by atoms with Gasteiger partial charge in [0.25, 0.3) is 0 Å². The second-order valence-electron chi connectivity index (χ2n) is 8.70. The van der Waals surface area contributed by atoms with Crippen molar-refractivity contribution in [3.05, 3.63) is 89.5 Å². The Bertz CT molecular complexity index is 1180. The number of hydrogen-bond acceptors (Lipinski definition) is 4. The molecule has 0 radical (unpaired) electrons. The van der Waals surface area contributed by atoms with Gasteiger partial charge in [-0.3, -0.25) is 9.59 Å². The average molecular weight is 495 g/mol. The van der Waals surface area contributed by atoms with Gasteiger partial charge in [0.2, 0.25) is 11.8 Å². The van der Waals surface area contributed by atoms with Crippen molar-refractivity contribution in [2.24, 2.45) is 5.92 Å². The van der Waals surface area contributed by atoms with E-state index in [2.05, 4.69) is 10.1 Å². The van der Waals surface area contributed by atoms with Gasteiger partial charge in [0.15, 0.2) is 0 Å². The summed E-state index contributed by atoms with van der Waals surface area (Å²) < 4.78 is 34.4. The van der Waals surface area contributed by atoms with Crippen LogP contribution in [0.2, 0.25) is 0 Å². The summed E-state index contributed by atoms with van der Waals surface area (Å²) in [6.45, 7) is -0.695. The summed E-state index contributed by atoms with van der Waals surface area (Å²) in [7, 11) is 1.58. The fraction of sp³-hybridized carbons (Fsp3) is 0.286. The number of rotatable bonds is 8. The molecule has 0 spiro atoms. The van der Waals surface area contributed by atoms with Crippen molar-refractivity contribution in [1.29, 1.82) is 0 Å². The van der Waals surface area contributed by atoms with Crippen LogP contribution in [0.15, 0.2) is 72.8 Å². The third-order valence-corrected chi connectivity index (χ3v) is 6.32. The minimum Gasteiger partial charge on any atom is -0.497 e. The van der Waals surface area contributed by atoms with Gasteiger partial charge in [-0.2, -0.15) is 8.78 Å². The van der Waals surface area contributed by atoms with Gasteiger partial charge in [0.05, 0.1) is 19.1 Å². The van der Waals surface area contributed by atoms with Crippen molar-refractivity contribution in [2.45, 2.75) is 39.0 Å². The van der Waals surface area contributed by atoms with Crippen molar-refractivity contribution in [2.75, 3.05) is 12.0 Å². The highest BCUT2D eigenvalue weighted by Gasteiger charge is 2.41. The predicted molar refractivity (Wildman–Crippen MR) is 132 cm³/mol. The monoisotopic (exact) mass is 494 g/mol. The van der Waals surface area contributed by atoms with Crippen molar-refractivity contribution in [1.82, 2.24) is 5.32 Å². The number of benzene rings is 3. The molecule has 1 fully saturated rings. The molecule has 2 amide bonds. The molecule has 1 saturated heterocycles. The number of piperidine rings is 1. The van der Waals surface area contributed by atoms with Gasteiger partial charge in [-0.1, -0.05) is 42.0 Å². The molecule has 0 aliphatic carbocycles. The zero-order valence-electron chi connectivity index (χ0n) is 20.1. The first-order chi connectivity index (χ1) is 17.4. The minimum atomic E-state index is -2.89. The Balaban J connectivity index is 1.58. The van der Waals surface area contributed by atoms with Crippen LogP contribution < -0.4 is 19.7 Å². The number of amides is 2. The molecule has 188 valence electrons. The molecule has 2 unspecified atom stereocenters. The summed E-state index contributed by atoms with van der Waals surface area (Å²) >= 11 is 0. The van der Waals surface area contributed by atoms with Gasteiger partial charge in [-0.25, -0.2) is 0 Å². The first kappa shape index (κ1) is 25.2. The quantitative estimate of drug-likeness (QED) is 0.455. The van der Waals surface area contributed by atoms with E-state index >= 15 is 0 Å². The number of carbonyl (C=O) groups excluding carboxylic acids is 2. The third-order valence-electron chi connectivity index (χ3n) is 6.32. The van der Waals surface area contributed by atoms with Gasteiger partial charge < -0.3 is 19.7 Å². The summed E-state index contributed by atoms with van der Waals surface area (Å²) in [5.41, 5.74) is 3.38. The molecule has 36 heavy (non-hydrogen) atoms. The van der Waals surface area contributed by atoms with Crippen LogP contribution in [0.1, 0.15) is 35.6 Å². The van der Waals surface area contributed by atoms with Gasteiger partial charge in [-0.15, -0.1) is 0 Å². The average Bonchev–Trinajstić information content (AvgIpc) is 2.88. The Morgan fingerprint density at radius 3 is 2.25 bits per heavy atom. The molecule has 3 aromatic rings. The number of nitrogens with one attached hydrogen (secondary N) is 1. The molecular weight excluding hydrogens is 466 g/mol. The topological polar surface area (TPSA) is 67.9 Å². The molecular formula is C28H28F2N2O4. The minimum absolute atomic E-state index is 0.0432. The zero-order chi connectivity index (χ0) is 25.7. The SMILES string of the molecule is COc1ccc(C2C(C(=O)NCc3ccc(OC(F)F)cc3)CCC(=O)N2c2ccc(C)cc2)cc1. The lowest BCUT2D eigenvalue weighted by molar-refractivity contribution is -0.129. The van der Waals surface area contributed by atoms with Crippen molar-refractivity contribution >= 4 is 17.5 Å². The number of hydrogen-bond donors (Lipinski definition) is 1. The van der Waals surface area contributed by atoms with Crippen LogP contribution in [0, 0.1) is 12.8 Å². The number of aryl methyl sites for hydroxylation is 1. The van der Waals surface area contributed by atoms with E-state index in [4.69, 9.17) is 4.74 Å². The number of nitrogens with zero attached hydrogens (tertiary/aromatic N) is 1. The largest absolute Gasteiger partial charge is 0.497 e. The lowest BCUT2D eigenvalue weighted by Crippen LogP contribution is -2.48. The molecule has 0 aromatic heterocycles. The van der Waals surface area contributed by atoms with Crippen LogP contribution in [-0.4, -0.2) is 25.5 Å². The Morgan fingerprint density at radius 1 is 1.00 bits per heavy atom. The van der Waals surface area contributed by atoms with Crippen LogP contribution in [0.3, 0.4) is 0 Å². The summed E-state index contributed by atoms with van der Waals surface area (Å²) in [6, 6.07) is 20.7. The van der Waals surface area contributed by atoms with E-state index in [0.717, 1.165) is 22.4 Å². The number of anilines is 1. The number of ether oxygens (including phenoxy) is 2. The Labute approximate surface area is 208 Å². The second kappa shape index (κ2) is 11.2. The van der Waals surface area contributed by atoms with E-state index in [1.807, 2.05) is 55.5 Å². The highest BCUT2D eigenvalue weighted by atomic mass is 19.3. The molecule has 0 saturated carbocycles. The molecule has 0 bridgehead atoms. The standard InChI is InChI=1S/C28H28F2N2O4/c1-18-3-9-21(10-4-18)32-25(33)16-15-24(26(32)20-7-13-22(35-2)14-8-20)27(34)31-17-19-5-11-23(12-6-19)36-28(29)30/h3-14,24,26,28H,15-17H2,1-2H3,(H,31,34). The van der Waals surface area contributed by atoms with E-state index < -0.39 is 18.6 Å². The first-order valence-electron chi connectivity index (χ1n) is 11.7. The van der Waals surface area contributed by atoms with E-state index in [9.17, 15) is 18.4 Å². The van der Waals surface area contributed by atoms with Gasteiger partial charge in [0, 0.05) is 18.7 Å². The maximum Gasteiger partial charge on any atom is 0.387 e. The smallest absolute Gasteiger partial charge is 0.387 e. The lowest BCUT2D eigenvalue weighted by atomic mass is 9.83. The number of halogens is 2. The van der Waals surface area contributed by atoms with Crippen LogP contribution in [-0.2, 0) is 16.1 Å². The Morgan fingerprint density at radius 2 is 1.64 bits per heavy atom. The van der Waals surface area contributed by atoms with Gasteiger partial charge >= 0.3 is 6.61 Å².